The molecule has 0 saturated carbocycles. The van der Waals surface area contributed by atoms with E-state index in [4.69, 9.17) is 4.52 Å². The standard InChI is InChI=1S/C23H23O3P/c1-23(2,3)20-15-17(13-16-9-5-4-6-10-16)14-19-18-11-7-8-12-21(18)26-27(24,25)22(19)20/h4-12,14-15H,13H2,1-3H3,(H,24,25). The topological polar surface area (TPSA) is 46.5 Å². The summed E-state index contributed by atoms with van der Waals surface area (Å²) >= 11 is 0. The van der Waals surface area contributed by atoms with E-state index in [0.29, 0.717) is 11.1 Å². The Hall–Kier alpha value is -2.35. The summed E-state index contributed by atoms with van der Waals surface area (Å²) < 4.78 is 18.6. The van der Waals surface area contributed by atoms with Crippen molar-refractivity contribution in [2.75, 3.05) is 0 Å². The third-order valence-corrected chi connectivity index (χ3v) is 6.40. The smallest absolute Gasteiger partial charge is 0.409 e. The normalized spacial score (nSPS) is 18.4. The van der Waals surface area contributed by atoms with Gasteiger partial charge in [0.05, 0.1) is 5.30 Å². The van der Waals surface area contributed by atoms with Crippen molar-refractivity contribution in [1.29, 1.82) is 0 Å². The van der Waals surface area contributed by atoms with Crippen molar-refractivity contribution >= 4 is 12.9 Å². The molecule has 0 bridgehead atoms. The van der Waals surface area contributed by atoms with Crippen LogP contribution in [0.3, 0.4) is 0 Å². The lowest BCUT2D eigenvalue weighted by Crippen LogP contribution is -2.28. The molecule has 27 heavy (non-hydrogen) atoms. The van der Waals surface area contributed by atoms with Crippen LogP contribution in [-0.2, 0) is 16.4 Å². The first-order chi connectivity index (χ1) is 12.8. The van der Waals surface area contributed by atoms with Crippen LogP contribution in [0.25, 0.3) is 11.1 Å². The van der Waals surface area contributed by atoms with E-state index >= 15 is 0 Å². The molecule has 3 aromatic carbocycles. The summed E-state index contributed by atoms with van der Waals surface area (Å²) in [4.78, 5) is 10.7. The Kier molecular flexibility index (Phi) is 4.25. The van der Waals surface area contributed by atoms with E-state index in [1.165, 1.54) is 5.56 Å². The summed E-state index contributed by atoms with van der Waals surface area (Å²) in [5.74, 6) is 0.465. The fraction of sp³-hybridized carbons (Fsp3) is 0.217. The van der Waals surface area contributed by atoms with E-state index < -0.39 is 7.60 Å². The number of hydrogen-bond donors (Lipinski definition) is 1. The van der Waals surface area contributed by atoms with Crippen LogP contribution in [0.1, 0.15) is 37.5 Å². The minimum Gasteiger partial charge on any atom is -0.421 e. The second-order valence-corrected chi connectivity index (χ2v) is 9.73. The van der Waals surface area contributed by atoms with Crippen LogP contribution < -0.4 is 9.83 Å². The Bertz CT molecular complexity index is 1050. The van der Waals surface area contributed by atoms with Gasteiger partial charge in [-0.2, -0.15) is 0 Å². The van der Waals surface area contributed by atoms with Crippen molar-refractivity contribution in [3.8, 4) is 16.9 Å². The lowest BCUT2D eigenvalue weighted by molar-refractivity contribution is 0.391. The second kappa shape index (κ2) is 6.37. The van der Waals surface area contributed by atoms with Crippen LogP contribution >= 0.6 is 7.60 Å². The highest BCUT2D eigenvalue weighted by atomic mass is 31.2. The molecule has 1 heterocycles. The molecule has 3 nitrogen and oxygen atoms in total. The molecule has 3 aromatic rings. The Morgan fingerprint density at radius 2 is 1.56 bits per heavy atom. The van der Waals surface area contributed by atoms with Gasteiger partial charge in [0, 0.05) is 11.1 Å². The lowest BCUT2D eigenvalue weighted by Gasteiger charge is -2.31. The van der Waals surface area contributed by atoms with E-state index in [0.717, 1.165) is 28.7 Å². The highest BCUT2D eigenvalue weighted by Crippen LogP contribution is 2.53. The van der Waals surface area contributed by atoms with Gasteiger partial charge in [0.2, 0.25) is 0 Å². The molecule has 1 atom stereocenters. The van der Waals surface area contributed by atoms with Gasteiger partial charge in [0.15, 0.2) is 0 Å². The molecule has 0 spiro atoms. The van der Waals surface area contributed by atoms with Gasteiger partial charge in [0.1, 0.15) is 5.75 Å². The van der Waals surface area contributed by atoms with E-state index in [1.807, 2.05) is 42.5 Å². The van der Waals surface area contributed by atoms with Crippen molar-refractivity contribution in [3.63, 3.8) is 0 Å². The van der Waals surface area contributed by atoms with Crippen LogP contribution in [0.15, 0.2) is 66.7 Å². The summed E-state index contributed by atoms with van der Waals surface area (Å²) in [5, 5.41) is 0.436. The van der Waals surface area contributed by atoms with Gasteiger partial charge in [-0.15, -0.1) is 0 Å². The number of benzene rings is 3. The Morgan fingerprint density at radius 1 is 0.889 bits per heavy atom. The maximum atomic E-state index is 13.1. The van der Waals surface area contributed by atoms with Gasteiger partial charge >= 0.3 is 7.60 Å². The van der Waals surface area contributed by atoms with Crippen molar-refractivity contribution in [2.45, 2.75) is 32.6 Å². The highest BCUT2D eigenvalue weighted by Gasteiger charge is 2.39. The van der Waals surface area contributed by atoms with E-state index in [1.54, 1.807) is 6.07 Å². The highest BCUT2D eigenvalue weighted by molar-refractivity contribution is 7.62. The average molecular weight is 378 g/mol. The van der Waals surface area contributed by atoms with Gasteiger partial charge < -0.3 is 9.42 Å². The van der Waals surface area contributed by atoms with Gasteiger partial charge in [0.25, 0.3) is 0 Å². The molecule has 1 aliphatic heterocycles. The first-order valence-corrected chi connectivity index (χ1v) is 10.7. The Morgan fingerprint density at radius 3 is 2.26 bits per heavy atom. The van der Waals surface area contributed by atoms with Crippen molar-refractivity contribution in [3.05, 3.63) is 83.4 Å². The van der Waals surface area contributed by atoms with Crippen molar-refractivity contribution in [1.82, 2.24) is 0 Å². The molecule has 0 saturated heterocycles. The zero-order chi connectivity index (χ0) is 19.2. The van der Waals surface area contributed by atoms with E-state index in [9.17, 15) is 9.46 Å². The summed E-state index contributed by atoms with van der Waals surface area (Å²) in [6.45, 7) is 6.19. The zero-order valence-corrected chi connectivity index (χ0v) is 16.7. The minimum absolute atomic E-state index is 0.287. The number of fused-ring (bicyclic) bond motifs is 3. The first-order valence-electron chi connectivity index (χ1n) is 9.09. The molecule has 4 rings (SSSR count). The van der Waals surface area contributed by atoms with Crippen LogP contribution in [0.2, 0.25) is 0 Å². The monoisotopic (exact) mass is 378 g/mol. The summed E-state index contributed by atoms with van der Waals surface area (Å²) in [7, 11) is -3.95. The quantitative estimate of drug-likeness (QED) is 0.604. The maximum Gasteiger partial charge on any atom is 0.409 e. The van der Waals surface area contributed by atoms with Crippen LogP contribution in [0.5, 0.6) is 5.75 Å². The van der Waals surface area contributed by atoms with Crippen LogP contribution in [-0.4, -0.2) is 4.89 Å². The Balaban J connectivity index is 1.98. The average Bonchev–Trinajstić information content (AvgIpc) is 2.61. The molecular weight excluding hydrogens is 355 g/mol. The maximum absolute atomic E-state index is 13.1. The summed E-state index contributed by atoms with van der Waals surface area (Å²) in [6, 6.07) is 21.8. The molecule has 138 valence electrons. The SMILES string of the molecule is CC(C)(C)c1cc(Cc2ccccc2)cc2c1P(=O)(O)Oc1ccccc1-2. The van der Waals surface area contributed by atoms with E-state index in [2.05, 4.69) is 39.0 Å². The van der Waals surface area contributed by atoms with Crippen LogP contribution in [0, 0.1) is 0 Å². The minimum atomic E-state index is -3.95. The molecule has 1 N–H and O–H groups in total. The fourth-order valence-corrected chi connectivity index (χ4v) is 5.37. The summed E-state index contributed by atoms with van der Waals surface area (Å²) in [6.07, 6.45) is 0.774. The van der Waals surface area contributed by atoms with Crippen molar-refractivity contribution in [2.24, 2.45) is 0 Å². The third-order valence-electron chi connectivity index (χ3n) is 4.91. The third kappa shape index (κ3) is 3.34. The largest absolute Gasteiger partial charge is 0.421 e. The number of hydrogen-bond acceptors (Lipinski definition) is 2. The molecule has 0 amide bonds. The molecule has 1 unspecified atom stereocenters. The first kappa shape index (κ1) is 18.0. The predicted molar refractivity (Wildman–Crippen MR) is 110 cm³/mol. The summed E-state index contributed by atoms with van der Waals surface area (Å²) in [5.41, 5.74) is 4.59. The molecule has 0 aliphatic carbocycles. The molecule has 0 radical (unpaired) electrons. The molecule has 4 heteroatoms. The zero-order valence-electron chi connectivity index (χ0n) is 15.8. The molecule has 0 aromatic heterocycles. The van der Waals surface area contributed by atoms with Crippen molar-refractivity contribution < 1.29 is 14.0 Å². The Labute approximate surface area is 160 Å². The van der Waals surface area contributed by atoms with Gasteiger partial charge in [-0.1, -0.05) is 75.4 Å². The van der Waals surface area contributed by atoms with Gasteiger partial charge in [-0.25, -0.2) is 4.57 Å². The van der Waals surface area contributed by atoms with E-state index in [-0.39, 0.29) is 5.41 Å². The van der Waals surface area contributed by atoms with Gasteiger partial charge in [-0.3, -0.25) is 0 Å². The molecular formula is C23H23O3P. The molecule has 1 aliphatic rings. The lowest BCUT2D eigenvalue weighted by atomic mass is 9.83. The predicted octanol–water partition coefficient (Wildman–Crippen LogP) is 5.45. The van der Waals surface area contributed by atoms with Crippen LogP contribution in [0.4, 0.5) is 0 Å². The fourth-order valence-electron chi connectivity index (χ4n) is 3.66. The van der Waals surface area contributed by atoms with Gasteiger partial charge in [-0.05, 0) is 40.7 Å². The second-order valence-electron chi connectivity index (χ2n) is 8.06. The molecule has 0 fully saturated rings. The number of rotatable bonds is 2. The number of para-hydroxylation sites is 1.